The highest BCUT2D eigenvalue weighted by molar-refractivity contribution is 5.63. The minimum Gasteiger partial charge on any atom is -0.399 e. The zero-order chi connectivity index (χ0) is 23.9. The van der Waals surface area contributed by atoms with Crippen molar-refractivity contribution in [2.45, 2.75) is 19.8 Å². The van der Waals surface area contributed by atoms with Crippen LogP contribution >= 0.6 is 0 Å². The van der Waals surface area contributed by atoms with Crippen LogP contribution in [-0.4, -0.2) is 55.6 Å². The lowest BCUT2D eigenvalue weighted by molar-refractivity contribution is 0.133. The van der Waals surface area contributed by atoms with Gasteiger partial charge >= 0.3 is 0 Å². The first-order chi connectivity index (χ1) is 16.5. The zero-order valence-corrected chi connectivity index (χ0v) is 19.9. The fourth-order valence-corrected chi connectivity index (χ4v) is 4.52. The minimum absolute atomic E-state index is 0.257. The van der Waals surface area contributed by atoms with Gasteiger partial charge in [0.25, 0.3) is 0 Å². The second-order valence-corrected chi connectivity index (χ2v) is 9.08. The topological polar surface area (TPSA) is 35.7 Å². The number of halogens is 2. The van der Waals surface area contributed by atoms with Gasteiger partial charge in [0.1, 0.15) is 11.6 Å². The Morgan fingerprint density at radius 1 is 0.765 bits per heavy atom. The van der Waals surface area contributed by atoms with Crippen molar-refractivity contribution in [3.05, 3.63) is 89.5 Å². The van der Waals surface area contributed by atoms with Gasteiger partial charge in [-0.05, 0) is 92.0 Å². The maximum absolute atomic E-state index is 13.4. The Bertz CT molecular complexity index is 1000. The Hall–Kier alpha value is -2.96. The van der Waals surface area contributed by atoms with Crippen molar-refractivity contribution in [2.75, 3.05) is 56.4 Å². The monoisotopic (exact) mass is 464 g/mol. The van der Waals surface area contributed by atoms with E-state index in [0.29, 0.717) is 0 Å². The molecule has 0 unspecified atom stereocenters. The van der Waals surface area contributed by atoms with Crippen LogP contribution < -0.4 is 10.6 Å². The molecule has 0 amide bonds. The molecule has 1 fully saturated rings. The van der Waals surface area contributed by atoms with Gasteiger partial charge in [0.05, 0.1) is 0 Å². The third-order valence-corrected chi connectivity index (χ3v) is 6.65. The lowest BCUT2D eigenvalue weighted by Crippen LogP contribution is -2.47. The number of anilines is 3. The number of hydrogen-bond acceptors (Lipinski definition) is 4. The number of benzene rings is 3. The highest BCUT2D eigenvalue weighted by atomic mass is 19.1. The van der Waals surface area contributed by atoms with Gasteiger partial charge in [0.15, 0.2) is 0 Å². The van der Waals surface area contributed by atoms with Crippen LogP contribution in [0.4, 0.5) is 25.8 Å². The van der Waals surface area contributed by atoms with Crippen molar-refractivity contribution in [3.63, 3.8) is 0 Å². The molecule has 0 aliphatic carbocycles. The Labute approximate surface area is 201 Å². The zero-order valence-electron chi connectivity index (χ0n) is 19.9. The van der Waals surface area contributed by atoms with E-state index in [1.54, 1.807) is 24.3 Å². The first-order valence-electron chi connectivity index (χ1n) is 12.1. The molecular formula is C28H34F2N4. The summed E-state index contributed by atoms with van der Waals surface area (Å²) in [5, 5.41) is 0. The predicted molar refractivity (Wildman–Crippen MR) is 137 cm³/mol. The van der Waals surface area contributed by atoms with Gasteiger partial charge < -0.3 is 20.4 Å². The molecule has 0 saturated carbocycles. The number of nitrogens with zero attached hydrogens (tertiary/aromatic N) is 3. The summed E-state index contributed by atoms with van der Waals surface area (Å²) in [5.74, 6) is -0.514. The lowest BCUT2D eigenvalue weighted by atomic mass is 10.1. The maximum atomic E-state index is 13.4. The number of nitrogen functional groups attached to an aromatic ring is 1. The lowest BCUT2D eigenvalue weighted by Gasteiger charge is -2.35. The quantitative estimate of drug-likeness (QED) is 0.439. The van der Waals surface area contributed by atoms with E-state index >= 15 is 0 Å². The van der Waals surface area contributed by atoms with Crippen LogP contribution in [-0.2, 0) is 6.42 Å². The third kappa shape index (κ3) is 6.55. The molecule has 0 aromatic heterocycles. The molecular weight excluding hydrogens is 430 g/mol. The van der Waals surface area contributed by atoms with Crippen molar-refractivity contribution in [3.8, 4) is 0 Å². The molecule has 6 heteroatoms. The summed E-state index contributed by atoms with van der Waals surface area (Å²) in [5.41, 5.74) is 11.1. The van der Waals surface area contributed by atoms with E-state index in [4.69, 9.17) is 5.73 Å². The molecule has 0 radical (unpaired) electrons. The van der Waals surface area contributed by atoms with Crippen LogP contribution in [0.1, 0.15) is 17.5 Å². The molecule has 1 heterocycles. The van der Waals surface area contributed by atoms with Crippen molar-refractivity contribution in [1.82, 2.24) is 9.80 Å². The Kier molecular flexibility index (Phi) is 8.14. The summed E-state index contributed by atoms with van der Waals surface area (Å²) in [6.07, 6.45) is 2.02. The second-order valence-electron chi connectivity index (χ2n) is 9.08. The fraction of sp³-hybridized carbons (Fsp3) is 0.357. The Morgan fingerprint density at radius 2 is 1.29 bits per heavy atom. The van der Waals surface area contributed by atoms with E-state index in [9.17, 15) is 8.78 Å². The molecule has 2 N–H and O–H groups in total. The molecule has 4 nitrogen and oxygen atoms in total. The number of nitrogens with two attached hydrogens (primary N) is 1. The smallest absolute Gasteiger partial charge is 0.123 e. The summed E-state index contributed by atoms with van der Waals surface area (Å²) in [7, 11) is 0. The molecule has 3 aromatic rings. The van der Waals surface area contributed by atoms with Gasteiger partial charge in [0.2, 0.25) is 0 Å². The van der Waals surface area contributed by atoms with Gasteiger partial charge in [-0.15, -0.1) is 0 Å². The van der Waals surface area contributed by atoms with Crippen LogP contribution in [0.5, 0.6) is 0 Å². The van der Waals surface area contributed by atoms with Gasteiger partial charge in [-0.2, -0.15) is 0 Å². The van der Waals surface area contributed by atoms with Gasteiger partial charge in [-0.3, -0.25) is 0 Å². The molecule has 1 aliphatic heterocycles. The fourth-order valence-electron chi connectivity index (χ4n) is 4.52. The van der Waals surface area contributed by atoms with Gasteiger partial charge in [-0.1, -0.05) is 12.1 Å². The highest BCUT2D eigenvalue weighted by Crippen LogP contribution is 2.26. The molecule has 34 heavy (non-hydrogen) atoms. The molecule has 0 bridgehead atoms. The van der Waals surface area contributed by atoms with E-state index in [0.717, 1.165) is 81.3 Å². The van der Waals surface area contributed by atoms with Crippen molar-refractivity contribution in [1.29, 1.82) is 0 Å². The predicted octanol–water partition coefficient (Wildman–Crippen LogP) is 5.24. The third-order valence-electron chi connectivity index (χ3n) is 6.65. The van der Waals surface area contributed by atoms with Crippen molar-refractivity contribution < 1.29 is 8.78 Å². The molecule has 1 aliphatic rings. The molecule has 4 rings (SSSR count). The molecule has 0 spiro atoms. The van der Waals surface area contributed by atoms with Gasteiger partial charge in [0, 0.05) is 56.3 Å². The summed E-state index contributed by atoms with van der Waals surface area (Å²) >= 11 is 0. The molecule has 3 aromatic carbocycles. The van der Waals surface area contributed by atoms with Crippen molar-refractivity contribution >= 4 is 17.1 Å². The summed E-state index contributed by atoms with van der Waals surface area (Å²) in [6, 6.07) is 19.3. The first kappa shape index (κ1) is 24.2. The van der Waals surface area contributed by atoms with Crippen LogP contribution in [0.15, 0.2) is 66.7 Å². The number of rotatable bonds is 9. The van der Waals surface area contributed by atoms with Crippen LogP contribution in [0.25, 0.3) is 0 Å². The van der Waals surface area contributed by atoms with E-state index in [2.05, 4.69) is 33.8 Å². The SMILES string of the molecule is Cc1cc(CCN2CCN(CCCN(c3ccc(F)cc3)c3ccc(F)cc3)CC2)ccc1N. The largest absolute Gasteiger partial charge is 0.399 e. The normalized spacial score (nSPS) is 14.9. The minimum atomic E-state index is -0.257. The number of piperazine rings is 1. The first-order valence-corrected chi connectivity index (χ1v) is 12.1. The molecule has 180 valence electrons. The van der Waals surface area contributed by atoms with E-state index in [1.165, 1.54) is 29.8 Å². The highest BCUT2D eigenvalue weighted by Gasteiger charge is 2.17. The van der Waals surface area contributed by atoms with E-state index in [-0.39, 0.29) is 11.6 Å². The maximum Gasteiger partial charge on any atom is 0.123 e. The van der Waals surface area contributed by atoms with E-state index < -0.39 is 0 Å². The Balaban J connectivity index is 1.25. The molecule has 0 atom stereocenters. The molecule has 1 saturated heterocycles. The summed E-state index contributed by atoms with van der Waals surface area (Å²) in [6.45, 7) is 9.20. The average molecular weight is 465 g/mol. The number of aryl methyl sites for hydroxylation is 1. The number of hydrogen-bond donors (Lipinski definition) is 1. The standard InChI is InChI=1S/C28H34F2N4/c1-22-21-23(3-12-28(22)31)13-16-33-19-17-32(18-20-33)14-2-15-34(26-8-4-24(29)5-9-26)27-10-6-25(30)7-11-27/h3-12,21H,2,13-20,31H2,1H3. The van der Waals surface area contributed by atoms with Gasteiger partial charge in [-0.25, -0.2) is 8.78 Å². The van der Waals surface area contributed by atoms with Crippen LogP contribution in [0.2, 0.25) is 0 Å². The van der Waals surface area contributed by atoms with Crippen molar-refractivity contribution in [2.24, 2.45) is 0 Å². The summed E-state index contributed by atoms with van der Waals surface area (Å²) in [4.78, 5) is 7.17. The average Bonchev–Trinajstić information content (AvgIpc) is 2.85. The van der Waals surface area contributed by atoms with Crippen LogP contribution in [0.3, 0.4) is 0 Å². The van der Waals surface area contributed by atoms with Crippen LogP contribution in [0, 0.1) is 18.6 Å². The second kappa shape index (κ2) is 11.4. The summed E-state index contributed by atoms with van der Waals surface area (Å²) < 4.78 is 26.9. The van der Waals surface area contributed by atoms with E-state index in [1.807, 2.05) is 6.07 Å². The Morgan fingerprint density at radius 3 is 1.82 bits per heavy atom.